The van der Waals surface area contributed by atoms with Crippen LogP contribution in [0.5, 0.6) is 0 Å². The molecule has 18 nitrogen and oxygen atoms in total. The first kappa shape index (κ1) is 25.3. The van der Waals surface area contributed by atoms with Crippen LogP contribution in [0.1, 0.15) is 18.6 Å². The molecule has 0 saturated carbocycles. The van der Waals surface area contributed by atoms with Crippen molar-refractivity contribution in [2.75, 3.05) is 12.3 Å². The largest absolute Gasteiger partial charge is 0.490 e. The summed E-state index contributed by atoms with van der Waals surface area (Å²) in [4.78, 5) is 43.5. The Morgan fingerprint density at radius 3 is 2.47 bits per heavy atom. The van der Waals surface area contributed by atoms with E-state index in [0.29, 0.717) is 0 Å². The minimum atomic E-state index is -5.71. The Hall–Kier alpha value is -1.36. The minimum Gasteiger partial charge on any atom is -0.387 e. The van der Waals surface area contributed by atoms with E-state index in [1.165, 1.54) is 13.1 Å². The number of phosphoric ester groups is 1. The highest BCUT2D eigenvalue weighted by Crippen LogP contribution is 2.66. The molecule has 6 atom stereocenters. The number of phosphoric acid groups is 3. The molecule has 1 saturated heterocycles. The highest BCUT2D eigenvalue weighted by atomic mass is 31.3. The van der Waals surface area contributed by atoms with Crippen LogP contribution in [-0.2, 0) is 31.6 Å². The molecule has 0 amide bonds. The van der Waals surface area contributed by atoms with Crippen LogP contribution >= 0.6 is 23.5 Å². The third-order valence-electron chi connectivity index (χ3n) is 4.25. The Kier molecular flexibility index (Phi) is 6.67. The zero-order valence-corrected chi connectivity index (χ0v) is 18.5. The van der Waals surface area contributed by atoms with E-state index in [2.05, 4.69) is 28.2 Å². The third-order valence-corrected chi connectivity index (χ3v) is 8.05. The molecule has 2 unspecified atom stereocenters. The van der Waals surface area contributed by atoms with Crippen LogP contribution in [0.4, 0.5) is 5.95 Å². The van der Waals surface area contributed by atoms with E-state index in [1.807, 2.05) is 0 Å². The fraction of sp³-hybridized carbons (Fsp3) is 0.545. The number of hydrogen-bond acceptors (Lipinski definition) is 13. The number of aliphatic hydroxyl groups excluding tert-OH is 1. The molecule has 0 radical (unpaired) electrons. The topological polar surface area (TPSA) is 279 Å². The Balaban J connectivity index is 1.74. The van der Waals surface area contributed by atoms with Gasteiger partial charge in [0.15, 0.2) is 5.65 Å². The second kappa shape index (κ2) is 8.45. The first-order valence-electron chi connectivity index (χ1n) is 8.31. The van der Waals surface area contributed by atoms with Crippen molar-refractivity contribution in [3.8, 4) is 0 Å². The van der Waals surface area contributed by atoms with Crippen molar-refractivity contribution in [1.29, 1.82) is 0 Å². The van der Waals surface area contributed by atoms with E-state index in [0.717, 1.165) is 10.8 Å². The van der Waals surface area contributed by atoms with Gasteiger partial charge in [0, 0.05) is 5.56 Å². The molecule has 3 heterocycles. The molecule has 0 aliphatic carbocycles. The molecule has 0 spiro atoms. The number of anilines is 1. The van der Waals surface area contributed by atoms with Crippen molar-refractivity contribution in [3.05, 3.63) is 18.1 Å². The van der Waals surface area contributed by atoms with Gasteiger partial charge in [-0.25, -0.2) is 23.7 Å². The van der Waals surface area contributed by atoms with Crippen LogP contribution in [-0.4, -0.2) is 73.8 Å². The van der Waals surface area contributed by atoms with Crippen LogP contribution in [0, 0.1) is 0 Å². The standard InChI is InChI=1S/C11H18N5O13P3/c1-11(18)7(17)6(3-26-31(22,23)29-32(24,25)28-30(19,20)21)27-8(11)5-2-15-16-9(5)13-4-14-10(16)12/h2,4,6-8,17-18H,3H2,1H3,(H,22,23)(H,24,25)(H2,12,13,14)(H2,19,20,21)/t6-,7-,8+,11-/m1/s1. The van der Waals surface area contributed by atoms with Crippen molar-refractivity contribution in [2.45, 2.75) is 30.8 Å². The minimum absolute atomic E-state index is 0.0244. The van der Waals surface area contributed by atoms with Gasteiger partial charge in [0.05, 0.1) is 12.8 Å². The lowest BCUT2D eigenvalue weighted by atomic mass is 9.90. The third kappa shape index (κ3) is 5.40. The molecule has 21 heteroatoms. The number of nitrogens with zero attached hydrogens (tertiary/aromatic N) is 4. The normalized spacial score (nSPS) is 30.3. The highest BCUT2D eigenvalue weighted by molar-refractivity contribution is 7.66. The van der Waals surface area contributed by atoms with E-state index in [9.17, 15) is 28.8 Å². The van der Waals surface area contributed by atoms with Crippen molar-refractivity contribution in [2.24, 2.45) is 0 Å². The average Bonchev–Trinajstić information content (AvgIpc) is 3.11. The molecule has 1 fully saturated rings. The first-order chi connectivity index (χ1) is 14.5. The number of nitrogen functional groups attached to an aromatic ring is 1. The van der Waals surface area contributed by atoms with Gasteiger partial charge in [0.1, 0.15) is 30.2 Å². The summed E-state index contributed by atoms with van der Waals surface area (Å²) in [6, 6.07) is 0. The van der Waals surface area contributed by atoms with Gasteiger partial charge in [-0.1, -0.05) is 0 Å². The van der Waals surface area contributed by atoms with Gasteiger partial charge < -0.3 is 40.3 Å². The fourth-order valence-corrected chi connectivity index (χ4v) is 5.97. The summed E-state index contributed by atoms with van der Waals surface area (Å²) in [6.45, 7) is 0.231. The van der Waals surface area contributed by atoms with E-state index < -0.39 is 54.0 Å². The van der Waals surface area contributed by atoms with Gasteiger partial charge in [-0.3, -0.25) is 4.52 Å². The van der Waals surface area contributed by atoms with Gasteiger partial charge in [0.2, 0.25) is 5.95 Å². The maximum Gasteiger partial charge on any atom is 0.490 e. The molecule has 0 aromatic carbocycles. The summed E-state index contributed by atoms with van der Waals surface area (Å²) >= 11 is 0. The summed E-state index contributed by atoms with van der Waals surface area (Å²) in [6.07, 6.45) is -2.10. The van der Waals surface area contributed by atoms with E-state index in [4.69, 9.17) is 25.2 Å². The molecule has 0 bridgehead atoms. The molecule has 1 aliphatic rings. The number of nitrogens with two attached hydrogens (primary N) is 1. The van der Waals surface area contributed by atoms with Crippen LogP contribution in [0.3, 0.4) is 0 Å². The summed E-state index contributed by atoms with van der Waals surface area (Å²) < 4.78 is 52.2. The predicted molar refractivity (Wildman–Crippen MR) is 99.3 cm³/mol. The SMILES string of the molecule is C[C@@]1(O)[C@H](O)[C@@H](COP(=O)(O)OP(=O)(O)OP(=O)(O)O)O[C@H]1c1cnn2c(N)ncnc12. The summed E-state index contributed by atoms with van der Waals surface area (Å²) in [7, 11) is -16.7. The van der Waals surface area contributed by atoms with Crippen molar-refractivity contribution < 1.29 is 61.4 Å². The molecule has 32 heavy (non-hydrogen) atoms. The van der Waals surface area contributed by atoms with Crippen LogP contribution in [0.15, 0.2) is 12.5 Å². The zero-order valence-electron chi connectivity index (χ0n) is 15.8. The maximum absolute atomic E-state index is 11.9. The second-order valence-electron chi connectivity index (χ2n) is 6.68. The summed E-state index contributed by atoms with van der Waals surface area (Å²) in [5.41, 5.74) is 4.01. The second-order valence-corrected chi connectivity index (χ2v) is 11.1. The van der Waals surface area contributed by atoms with Crippen LogP contribution in [0.2, 0.25) is 0 Å². The Morgan fingerprint density at radius 1 is 1.19 bits per heavy atom. The molecule has 8 N–H and O–H groups in total. The molecule has 1 aliphatic heterocycles. The van der Waals surface area contributed by atoms with E-state index in [-0.39, 0.29) is 17.2 Å². The quantitative estimate of drug-likeness (QED) is 0.197. The Labute approximate surface area is 178 Å². The lowest BCUT2D eigenvalue weighted by molar-refractivity contribution is -0.0641. The van der Waals surface area contributed by atoms with E-state index in [1.54, 1.807) is 0 Å². The fourth-order valence-electron chi connectivity index (χ4n) is 2.94. The van der Waals surface area contributed by atoms with Gasteiger partial charge in [-0.2, -0.15) is 18.2 Å². The van der Waals surface area contributed by atoms with Crippen LogP contribution in [0.25, 0.3) is 5.65 Å². The lowest BCUT2D eigenvalue weighted by Crippen LogP contribution is -2.43. The number of aliphatic hydroxyl groups is 2. The summed E-state index contributed by atoms with van der Waals surface area (Å²) in [5, 5.41) is 25.1. The molecule has 2 aromatic rings. The van der Waals surface area contributed by atoms with E-state index >= 15 is 0 Å². The van der Waals surface area contributed by atoms with Crippen molar-refractivity contribution in [3.63, 3.8) is 0 Å². The van der Waals surface area contributed by atoms with Crippen molar-refractivity contribution >= 4 is 35.1 Å². The Bertz CT molecular complexity index is 1150. The molecule has 3 rings (SSSR count). The lowest BCUT2D eigenvalue weighted by Gasteiger charge is -2.26. The highest BCUT2D eigenvalue weighted by Gasteiger charge is 2.54. The van der Waals surface area contributed by atoms with Crippen molar-refractivity contribution in [1.82, 2.24) is 19.6 Å². The van der Waals surface area contributed by atoms with Gasteiger partial charge >= 0.3 is 23.5 Å². The average molecular weight is 521 g/mol. The monoisotopic (exact) mass is 521 g/mol. The number of fused-ring (bicyclic) bond motifs is 1. The number of hydrogen-bond donors (Lipinski definition) is 7. The van der Waals surface area contributed by atoms with Gasteiger partial charge in [-0.15, -0.1) is 0 Å². The number of aromatic nitrogens is 4. The maximum atomic E-state index is 11.9. The Morgan fingerprint density at radius 2 is 1.84 bits per heavy atom. The van der Waals surface area contributed by atoms with Gasteiger partial charge in [-0.05, 0) is 6.92 Å². The molecule has 2 aromatic heterocycles. The summed E-state index contributed by atoms with van der Waals surface area (Å²) in [5.74, 6) is -0.0244. The zero-order chi connectivity index (χ0) is 24.1. The van der Waals surface area contributed by atoms with Crippen LogP contribution < -0.4 is 5.73 Å². The smallest absolute Gasteiger partial charge is 0.387 e. The van der Waals surface area contributed by atoms with Gasteiger partial charge in [0.25, 0.3) is 0 Å². The predicted octanol–water partition coefficient (Wildman–Crippen LogP) is -1.40. The first-order valence-corrected chi connectivity index (χ1v) is 12.8. The molecular formula is C11H18N5O13P3. The number of rotatable bonds is 8. The molecular weight excluding hydrogens is 503 g/mol. The number of ether oxygens (including phenoxy) is 1. The molecule has 180 valence electrons.